The molecule has 4 aromatic carbocycles. The van der Waals surface area contributed by atoms with E-state index in [1.165, 1.54) is 12.1 Å². The molecule has 0 bridgehead atoms. The molecule has 4 rings (SSSR count). The SMILES string of the molecule is O=S(=O)(CS(=O)(=O)Oc1cccc2ccccc12)Oc1cccc2ccccc12.[Na]. The maximum Gasteiger partial charge on any atom is 0.327 e. The zero-order chi connectivity index (χ0) is 20.5. The molecular formula is C21H16NaO6S2. The van der Waals surface area contributed by atoms with Gasteiger partial charge in [0.05, 0.1) is 0 Å². The predicted octanol–water partition coefficient (Wildman–Crippen LogP) is 3.69. The smallest absolute Gasteiger partial charge is 0.327 e. The van der Waals surface area contributed by atoms with E-state index in [4.69, 9.17) is 8.37 Å². The third kappa shape index (κ3) is 5.14. The summed E-state index contributed by atoms with van der Waals surface area (Å²) in [4.78, 5) is 0. The minimum Gasteiger partial charge on any atom is -0.381 e. The molecule has 149 valence electrons. The maximum absolute atomic E-state index is 12.4. The standard InChI is InChI=1S/C21H16O6S2.Na/c22-28(23,26-20-13-5-9-16-7-1-3-11-18(16)20)15-29(24,25)27-21-14-6-10-17-8-2-4-12-19(17)21;/h1-14H,15H2;. The summed E-state index contributed by atoms with van der Waals surface area (Å²) >= 11 is 0. The second-order valence-electron chi connectivity index (χ2n) is 6.35. The Balaban J connectivity index is 0.00000256. The monoisotopic (exact) mass is 451 g/mol. The van der Waals surface area contributed by atoms with E-state index in [1.807, 2.05) is 12.1 Å². The van der Waals surface area contributed by atoms with Gasteiger partial charge in [-0.3, -0.25) is 0 Å². The van der Waals surface area contributed by atoms with Gasteiger partial charge in [0, 0.05) is 40.3 Å². The summed E-state index contributed by atoms with van der Waals surface area (Å²) < 4.78 is 59.9. The Morgan fingerprint density at radius 2 is 0.900 bits per heavy atom. The van der Waals surface area contributed by atoms with Crippen molar-refractivity contribution in [1.29, 1.82) is 0 Å². The van der Waals surface area contributed by atoms with Gasteiger partial charge < -0.3 is 8.37 Å². The van der Waals surface area contributed by atoms with E-state index in [1.54, 1.807) is 60.7 Å². The van der Waals surface area contributed by atoms with Gasteiger partial charge in [0.2, 0.25) is 5.08 Å². The van der Waals surface area contributed by atoms with Crippen molar-refractivity contribution in [2.75, 3.05) is 5.08 Å². The average Bonchev–Trinajstić information content (AvgIpc) is 2.67. The van der Waals surface area contributed by atoms with Crippen LogP contribution >= 0.6 is 0 Å². The van der Waals surface area contributed by atoms with Gasteiger partial charge in [0.1, 0.15) is 11.5 Å². The Morgan fingerprint density at radius 3 is 1.33 bits per heavy atom. The zero-order valence-corrected chi connectivity index (χ0v) is 19.7. The molecule has 0 aliphatic carbocycles. The quantitative estimate of drug-likeness (QED) is 0.328. The second kappa shape index (κ2) is 8.95. The molecule has 4 aromatic rings. The summed E-state index contributed by atoms with van der Waals surface area (Å²) in [6.07, 6.45) is 0. The van der Waals surface area contributed by atoms with Crippen LogP contribution in [0, 0.1) is 0 Å². The molecule has 0 saturated carbocycles. The van der Waals surface area contributed by atoms with Crippen molar-refractivity contribution in [3.63, 3.8) is 0 Å². The molecule has 0 N–H and O–H groups in total. The Kier molecular flexibility index (Phi) is 6.74. The van der Waals surface area contributed by atoms with Gasteiger partial charge in [-0.25, -0.2) is 0 Å². The van der Waals surface area contributed by atoms with Crippen molar-refractivity contribution < 1.29 is 25.2 Å². The molecule has 0 amide bonds. The van der Waals surface area contributed by atoms with E-state index in [0.717, 1.165) is 10.8 Å². The Bertz CT molecular complexity index is 1300. The topological polar surface area (TPSA) is 86.7 Å². The van der Waals surface area contributed by atoms with E-state index in [9.17, 15) is 16.8 Å². The number of rotatable bonds is 6. The van der Waals surface area contributed by atoms with Crippen LogP contribution in [0.3, 0.4) is 0 Å². The van der Waals surface area contributed by atoms with Crippen LogP contribution in [-0.4, -0.2) is 51.5 Å². The van der Waals surface area contributed by atoms with Crippen LogP contribution in [0.2, 0.25) is 0 Å². The fourth-order valence-corrected chi connectivity index (χ4v) is 5.67. The molecule has 0 aromatic heterocycles. The molecule has 0 spiro atoms. The predicted molar refractivity (Wildman–Crippen MR) is 118 cm³/mol. The largest absolute Gasteiger partial charge is 0.381 e. The van der Waals surface area contributed by atoms with Crippen molar-refractivity contribution >= 4 is 71.3 Å². The molecule has 0 aliphatic heterocycles. The summed E-state index contributed by atoms with van der Waals surface area (Å²) in [5.41, 5.74) is 0. The van der Waals surface area contributed by atoms with Gasteiger partial charge in [-0.2, -0.15) is 16.8 Å². The number of hydrogen-bond acceptors (Lipinski definition) is 6. The van der Waals surface area contributed by atoms with Crippen molar-refractivity contribution in [1.82, 2.24) is 0 Å². The summed E-state index contributed by atoms with van der Waals surface area (Å²) in [6, 6.07) is 23.9. The van der Waals surface area contributed by atoms with Gasteiger partial charge >= 0.3 is 20.2 Å². The van der Waals surface area contributed by atoms with Gasteiger partial charge in [-0.05, 0) is 22.9 Å². The normalized spacial score (nSPS) is 11.7. The van der Waals surface area contributed by atoms with Crippen molar-refractivity contribution in [2.24, 2.45) is 0 Å². The molecule has 0 fully saturated rings. The summed E-state index contributed by atoms with van der Waals surface area (Å²) in [6.45, 7) is 0. The van der Waals surface area contributed by atoms with E-state index in [-0.39, 0.29) is 41.1 Å². The van der Waals surface area contributed by atoms with Crippen LogP contribution in [0.1, 0.15) is 0 Å². The zero-order valence-electron chi connectivity index (χ0n) is 16.1. The first kappa shape index (κ1) is 22.6. The Labute approximate surface area is 197 Å². The first-order valence-corrected chi connectivity index (χ1v) is 11.8. The molecule has 6 nitrogen and oxygen atoms in total. The van der Waals surface area contributed by atoms with Crippen LogP contribution in [0.4, 0.5) is 0 Å². The maximum atomic E-state index is 12.4. The fourth-order valence-electron chi connectivity index (χ4n) is 3.04. The molecular weight excluding hydrogens is 435 g/mol. The van der Waals surface area contributed by atoms with Crippen LogP contribution in [0.15, 0.2) is 84.9 Å². The Hall–Kier alpha value is -2.10. The van der Waals surface area contributed by atoms with E-state index >= 15 is 0 Å². The van der Waals surface area contributed by atoms with Gasteiger partial charge in [0.25, 0.3) is 0 Å². The molecule has 0 unspecified atom stereocenters. The number of hydrogen-bond donors (Lipinski definition) is 0. The fraction of sp³-hybridized carbons (Fsp3) is 0.0476. The van der Waals surface area contributed by atoms with E-state index < -0.39 is 25.3 Å². The van der Waals surface area contributed by atoms with Gasteiger partial charge in [0.15, 0.2) is 0 Å². The number of fused-ring (bicyclic) bond motifs is 2. The van der Waals surface area contributed by atoms with Crippen molar-refractivity contribution in [2.45, 2.75) is 0 Å². The van der Waals surface area contributed by atoms with Crippen LogP contribution in [0.5, 0.6) is 11.5 Å². The van der Waals surface area contributed by atoms with Gasteiger partial charge in [-0.15, -0.1) is 0 Å². The summed E-state index contributed by atoms with van der Waals surface area (Å²) in [5, 5.41) is 1.36. The van der Waals surface area contributed by atoms with Crippen molar-refractivity contribution in [3.05, 3.63) is 84.9 Å². The van der Waals surface area contributed by atoms with Crippen LogP contribution < -0.4 is 8.37 Å². The second-order valence-corrected chi connectivity index (χ2v) is 9.86. The first-order valence-electron chi connectivity index (χ1n) is 8.63. The van der Waals surface area contributed by atoms with E-state index in [2.05, 4.69) is 0 Å². The minimum absolute atomic E-state index is 0. The third-order valence-corrected chi connectivity index (χ3v) is 7.40. The molecule has 0 atom stereocenters. The van der Waals surface area contributed by atoms with Crippen molar-refractivity contribution in [3.8, 4) is 11.5 Å². The van der Waals surface area contributed by atoms with Crippen LogP contribution in [0.25, 0.3) is 21.5 Å². The molecule has 0 saturated heterocycles. The van der Waals surface area contributed by atoms with E-state index in [0.29, 0.717) is 10.8 Å². The Morgan fingerprint density at radius 1 is 0.533 bits per heavy atom. The number of benzene rings is 4. The van der Waals surface area contributed by atoms with Gasteiger partial charge in [-0.1, -0.05) is 72.8 Å². The molecule has 0 aliphatic rings. The molecule has 30 heavy (non-hydrogen) atoms. The minimum atomic E-state index is -4.47. The molecule has 9 heteroatoms. The van der Waals surface area contributed by atoms with Crippen LogP contribution in [-0.2, 0) is 20.2 Å². The average molecular weight is 451 g/mol. The summed E-state index contributed by atoms with van der Waals surface area (Å²) in [7, 11) is -8.94. The third-order valence-electron chi connectivity index (χ3n) is 4.22. The molecule has 0 heterocycles. The first-order chi connectivity index (χ1) is 13.8. The molecule has 1 radical (unpaired) electrons. The summed E-state index contributed by atoms with van der Waals surface area (Å²) in [5.74, 6) is 0.118.